The Bertz CT molecular complexity index is 1350. The van der Waals surface area contributed by atoms with E-state index >= 15 is 0 Å². The van der Waals surface area contributed by atoms with E-state index in [2.05, 4.69) is 4.98 Å². The fourth-order valence-electron chi connectivity index (χ4n) is 4.21. The molecule has 0 N–H and O–H groups in total. The molecule has 2 aromatic carbocycles. The maximum absolute atomic E-state index is 13.2. The monoisotopic (exact) mass is 477 g/mol. The number of halogens is 3. The molecule has 1 saturated heterocycles. The van der Waals surface area contributed by atoms with Gasteiger partial charge < -0.3 is 0 Å². The lowest BCUT2D eigenvalue weighted by atomic mass is 10.0. The first-order valence-electron chi connectivity index (χ1n) is 11.2. The molecule has 4 aromatic rings. The molecule has 2 amide bonds. The van der Waals surface area contributed by atoms with E-state index < -0.39 is 11.7 Å². The van der Waals surface area contributed by atoms with Gasteiger partial charge in [-0.1, -0.05) is 12.1 Å². The molecule has 1 aliphatic rings. The molecule has 0 bridgehead atoms. The van der Waals surface area contributed by atoms with Gasteiger partial charge in [0.1, 0.15) is 5.69 Å². The molecule has 5 rings (SSSR count). The SMILES string of the molecule is CCn1cc(-c2cccc(N3CCN(c4ccc(C(F)(F)F)cc4)C3=O)c2)c(-c2ccncc2)n1. The van der Waals surface area contributed by atoms with Crippen LogP contribution in [0.25, 0.3) is 22.4 Å². The van der Waals surface area contributed by atoms with Gasteiger partial charge in [0.25, 0.3) is 0 Å². The number of rotatable bonds is 5. The Labute approximate surface area is 200 Å². The number of aryl methyl sites for hydroxylation is 1. The Kier molecular flexibility index (Phi) is 5.76. The number of alkyl halides is 3. The minimum Gasteiger partial charge on any atom is -0.292 e. The second-order valence-electron chi connectivity index (χ2n) is 8.16. The first-order chi connectivity index (χ1) is 16.8. The van der Waals surface area contributed by atoms with Crippen LogP contribution >= 0.6 is 0 Å². The van der Waals surface area contributed by atoms with E-state index in [4.69, 9.17) is 5.10 Å². The first kappa shape index (κ1) is 22.6. The van der Waals surface area contributed by atoms with Crippen molar-refractivity contribution < 1.29 is 18.0 Å². The van der Waals surface area contributed by atoms with E-state index in [0.717, 1.165) is 34.5 Å². The lowest BCUT2D eigenvalue weighted by Gasteiger charge is -2.20. The van der Waals surface area contributed by atoms with Crippen LogP contribution in [0.4, 0.5) is 29.3 Å². The smallest absolute Gasteiger partial charge is 0.292 e. The molecular weight excluding hydrogens is 455 g/mol. The van der Waals surface area contributed by atoms with Gasteiger partial charge in [0.15, 0.2) is 0 Å². The van der Waals surface area contributed by atoms with Crippen LogP contribution in [0.5, 0.6) is 0 Å². The number of carbonyl (C=O) groups excluding carboxylic acids is 1. The summed E-state index contributed by atoms with van der Waals surface area (Å²) in [5.74, 6) is 0. The van der Waals surface area contributed by atoms with Crippen LogP contribution in [0, 0.1) is 0 Å². The minimum atomic E-state index is -4.42. The number of amides is 2. The lowest BCUT2D eigenvalue weighted by Crippen LogP contribution is -2.31. The summed E-state index contributed by atoms with van der Waals surface area (Å²) in [7, 11) is 0. The van der Waals surface area contributed by atoms with Crippen molar-refractivity contribution in [1.29, 1.82) is 0 Å². The number of anilines is 2. The molecule has 2 aromatic heterocycles. The molecule has 6 nitrogen and oxygen atoms in total. The van der Waals surface area contributed by atoms with E-state index in [9.17, 15) is 18.0 Å². The van der Waals surface area contributed by atoms with Crippen LogP contribution in [-0.2, 0) is 12.7 Å². The number of carbonyl (C=O) groups is 1. The molecule has 35 heavy (non-hydrogen) atoms. The van der Waals surface area contributed by atoms with Gasteiger partial charge in [-0.3, -0.25) is 19.5 Å². The molecule has 1 aliphatic heterocycles. The van der Waals surface area contributed by atoms with Crippen LogP contribution in [-0.4, -0.2) is 33.9 Å². The molecule has 0 unspecified atom stereocenters. The zero-order valence-corrected chi connectivity index (χ0v) is 18.9. The Morgan fingerprint density at radius 2 is 1.57 bits per heavy atom. The predicted molar refractivity (Wildman–Crippen MR) is 128 cm³/mol. The molecular formula is C26H22F3N5O. The molecule has 0 radical (unpaired) electrons. The number of hydrogen-bond donors (Lipinski definition) is 0. The van der Waals surface area contributed by atoms with Gasteiger partial charge in [0.2, 0.25) is 0 Å². The Balaban J connectivity index is 1.44. The maximum Gasteiger partial charge on any atom is 0.416 e. The van der Waals surface area contributed by atoms with Gasteiger partial charge in [0.05, 0.1) is 5.56 Å². The summed E-state index contributed by atoms with van der Waals surface area (Å²) < 4.78 is 40.6. The summed E-state index contributed by atoms with van der Waals surface area (Å²) in [6, 6.07) is 15.8. The number of aromatic nitrogens is 3. The van der Waals surface area contributed by atoms with Crippen molar-refractivity contribution in [2.45, 2.75) is 19.6 Å². The number of hydrogen-bond acceptors (Lipinski definition) is 3. The van der Waals surface area contributed by atoms with E-state index in [-0.39, 0.29) is 6.03 Å². The average Bonchev–Trinajstić information content (AvgIpc) is 3.48. The third-order valence-electron chi connectivity index (χ3n) is 6.02. The van der Waals surface area contributed by atoms with E-state index in [1.165, 1.54) is 17.0 Å². The minimum absolute atomic E-state index is 0.277. The summed E-state index contributed by atoms with van der Waals surface area (Å²) in [4.78, 5) is 20.4. The summed E-state index contributed by atoms with van der Waals surface area (Å²) >= 11 is 0. The summed E-state index contributed by atoms with van der Waals surface area (Å²) in [6.07, 6.45) is 1.01. The van der Waals surface area contributed by atoms with Crippen molar-refractivity contribution in [3.05, 3.63) is 84.8 Å². The zero-order valence-electron chi connectivity index (χ0n) is 18.9. The van der Waals surface area contributed by atoms with Gasteiger partial charge in [0, 0.05) is 60.7 Å². The van der Waals surface area contributed by atoms with E-state index in [0.29, 0.717) is 31.0 Å². The average molecular weight is 477 g/mol. The molecule has 178 valence electrons. The highest BCUT2D eigenvalue weighted by atomic mass is 19.4. The van der Waals surface area contributed by atoms with Gasteiger partial charge >= 0.3 is 12.2 Å². The number of benzene rings is 2. The van der Waals surface area contributed by atoms with Gasteiger partial charge in [-0.2, -0.15) is 18.3 Å². The van der Waals surface area contributed by atoms with Crippen LogP contribution in [0.2, 0.25) is 0 Å². The fourth-order valence-corrected chi connectivity index (χ4v) is 4.21. The van der Waals surface area contributed by atoms with Crippen molar-refractivity contribution in [3.63, 3.8) is 0 Å². The van der Waals surface area contributed by atoms with Crippen LogP contribution in [0.3, 0.4) is 0 Å². The third kappa shape index (κ3) is 4.37. The molecule has 3 heterocycles. The van der Waals surface area contributed by atoms with E-state index in [1.807, 2.05) is 54.2 Å². The van der Waals surface area contributed by atoms with Gasteiger partial charge in [-0.25, -0.2) is 4.79 Å². The Morgan fingerprint density at radius 1 is 0.886 bits per heavy atom. The topological polar surface area (TPSA) is 54.3 Å². The summed E-state index contributed by atoms with van der Waals surface area (Å²) in [5.41, 5.74) is 4.03. The fraction of sp³-hybridized carbons (Fsp3) is 0.192. The lowest BCUT2D eigenvalue weighted by molar-refractivity contribution is -0.137. The van der Waals surface area contributed by atoms with Gasteiger partial charge in [-0.15, -0.1) is 0 Å². The van der Waals surface area contributed by atoms with Crippen LogP contribution in [0.15, 0.2) is 79.3 Å². The molecule has 0 spiro atoms. The summed E-state index contributed by atoms with van der Waals surface area (Å²) in [5, 5.41) is 4.71. The predicted octanol–water partition coefficient (Wildman–Crippen LogP) is 6.10. The van der Waals surface area contributed by atoms with Crippen molar-refractivity contribution in [2.75, 3.05) is 22.9 Å². The van der Waals surface area contributed by atoms with Crippen LogP contribution in [0.1, 0.15) is 12.5 Å². The highest BCUT2D eigenvalue weighted by Crippen LogP contribution is 2.35. The van der Waals surface area contributed by atoms with Crippen molar-refractivity contribution in [3.8, 4) is 22.4 Å². The van der Waals surface area contributed by atoms with Crippen molar-refractivity contribution in [2.24, 2.45) is 0 Å². The highest BCUT2D eigenvalue weighted by molar-refractivity contribution is 6.06. The Hall–Kier alpha value is -4.14. The highest BCUT2D eigenvalue weighted by Gasteiger charge is 2.33. The summed E-state index contributed by atoms with van der Waals surface area (Å²) in [6.45, 7) is 3.53. The number of urea groups is 1. The molecule has 1 fully saturated rings. The van der Waals surface area contributed by atoms with Crippen LogP contribution < -0.4 is 9.80 Å². The molecule has 0 atom stereocenters. The standard InChI is InChI=1S/C26H22F3N5O/c1-2-32-17-23(24(31-32)18-10-12-30-13-11-18)19-4-3-5-22(16-19)34-15-14-33(25(34)35)21-8-6-20(7-9-21)26(27,28)29/h3-13,16-17H,2,14-15H2,1H3. The van der Waals surface area contributed by atoms with Gasteiger partial charge in [-0.05, 0) is 61.0 Å². The Morgan fingerprint density at radius 3 is 2.23 bits per heavy atom. The second kappa shape index (κ2) is 8.90. The van der Waals surface area contributed by atoms with Crippen molar-refractivity contribution >= 4 is 17.4 Å². The quantitative estimate of drug-likeness (QED) is 0.349. The third-order valence-corrected chi connectivity index (χ3v) is 6.02. The second-order valence-corrected chi connectivity index (χ2v) is 8.16. The molecule has 0 aliphatic carbocycles. The number of nitrogens with zero attached hydrogens (tertiary/aromatic N) is 5. The van der Waals surface area contributed by atoms with Crippen molar-refractivity contribution in [1.82, 2.24) is 14.8 Å². The zero-order chi connectivity index (χ0) is 24.6. The number of pyridine rings is 1. The first-order valence-corrected chi connectivity index (χ1v) is 11.2. The molecule has 0 saturated carbocycles. The largest absolute Gasteiger partial charge is 0.416 e. The normalized spacial score (nSPS) is 14.1. The van der Waals surface area contributed by atoms with E-state index in [1.54, 1.807) is 17.3 Å². The maximum atomic E-state index is 13.2. The molecule has 9 heteroatoms.